The van der Waals surface area contributed by atoms with E-state index in [4.69, 9.17) is 11.6 Å². The topological polar surface area (TPSA) is 61.4 Å². The highest BCUT2D eigenvalue weighted by Gasteiger charge is 2.09. The van der Waals surface area contributed by atoms with Gasteiger partial charge in [0.2, 0.25) is 0 Å². The Morgan fingerprint density at radius 1 is 1.32 bits per heavy atom. The minimum Gasteiger partial charge on any atom is -0.393 e. The summed E-state index contributed by atoms with van der Waals surface area (Å²) in [6.07, 6.45) is 0.167. The van der Waals surface area contributed by atoms with Gasteiger partial charge in [-0.3, -0.25) is 0 Å². The zero-order valence-electron chi connectivity index (χ0n) is 11.3. The van der Waals surface area contributed by atoms with Gasteiger partial charge in [-0.15, -0.1) is 0 Å². The third kappa shape index (κ3) is 5.94. The van der Waals surface area contributed by atoms with Gasteiger partial charge in [0.1, 0.15) is 0 Å². The molecule has 0 aliphatic carbocycles. The van der Waals surface area contributed by atoms with Crippen LogP contribution in [0.1, 0.15) is 25.8 Å². The first kappa shape index (κ1) is 15.8. The van der Waals surface area contributed by atoms with Crippen LogP contribution in [0, 0.1) is 5.92 Å². The molecule has 2 amide bonds. The molecule has 106 valence electrons. The molecule has 19 heavy (non-hydrogen) atoms. The second-order valence-electron chi connectivity index (χ2n) is 4.80. The van der Waals surface area contributed by atoms with E-state index in [2.05, 4.69) is 10.6 Å². The zero-order valence-corrected chi connectivity index (χ0v) is 12.1. The Morgan fingerprint density at radius 2 is 2.00 bits per heavy atom. The molecule has 0 spiro atoms. The number of carbonyl (C=O) groups excluding carboxylic acids is 1. The molecule has 4 nitrogen and oxygen atoms in total. The number of hydrogen-bond acceptors (Lipinski definition) is 2. The van der Waals surface area contributed by atoms with Crippen molar-refractivity contribution in [2.24, 2.45) is 5.92 Å². The van der Waals surface area contributed by atoms with Crippen molar-refractivity contribution in [1.29, 1.82) is 0 Å². The van der Waals surface area contributed by atoms with Crippen molar-refractivity contribution in [2.75, 3.05) is 6.54 Å². The molecular formula is C14H21ClN2O2. The van der Waals surface area contributed by atoms with Gasteiger partial charge in [0.05, 0.1) is 6.10 Å². The summed E-state index contributed by atoms with van der Waals surface area (Å²) < 4.78 is 0. The van der Waals surface area contributed by atoms with Crippen molar-refractivity contribution in [3.8, 4) is 0 Å². The normalized spacial score (nSPS) is 12.3. The van der Waals surface area contributed by atoms with Crippen molar-refractivity contribution in [3.05, 3.63) is 34.9 Å². The van der Waals surface area contributed by atoms with Crippen LogP contribution >= 0.6 is 11.6 Å². The lowest BCUT2D eigenvalue weighted by molar-refractivity contribution is 0.116. The molecule has 0 aromatic heterocycles. The molecule has 1 rings (SSSR count). The van der Waals surface area contributed by atoms with Crippen molar-refractivity contribution in [1.82, 2.24) is 10.6 Å². The fraction of sp³-hybridized carbons (Fsp3) is 0.500. The number of carbonyl (C=O) groups is 1. The highest BCUT2D eigenvalue weighted by Crippen LogP contribution is 2.14. The summed E-state index contributed by atoms with van der Waals surface area (Å²) in [7, 11) is 0. The van der Waals surface area contributed by atoms with E-state index in [1.807, 2.05) is 32.0 Å². The molecule has 0 fully saturated rings. The summed E-state index contributed by atoms with van der Waals surface area (Å²) in [5, 5.41) is 15.7. The van der Waals surface area contributed by atoms with E-state index in [0.717, 1.165) is 5.56 Å². The highest BCUT2D eigenvalue weighted by molar-refractivity contribution is 6.31. The Labute approximate surface area is 119 Å². The van der Waals surface area contributed by atoms with Crippen molar-refractivity contribution >= 4 is 17.6 Å². The average Bonchev–Trinajstić information content (AvgIpc) is 2.37. The summed E-state index contributed by atoms with van der Waals surface area (Å²) in [5.74, 6) is 0.202. The van der Waals surface area contributed by atoms with E-state index in [1.54, 1.807) is 6.07 Å². The SMILES string of the molecule is CC(C)C(O)CCNC(=O)NCc1ccccc1Cl. The lowest BCUT2D eigenvalue weighted by Crippen LogP contribution is -2.37. The maximum atomic E-state index is 11.5. The van der Waals surface area contributed by atoms with E-state index < -0.39 is 0 Å². The molecule has 0 saturated carbocycles. The molecule has 1 aromatic carbocycles. The predicted molar refractivity (Wildman–Crippen MR) is 77.2 cm³/mol. The smallest absolute Gasteiger partial charge is 0.315 e. The molecule has 0 bridgehead atoms. The summed E-state index contributed by atoms with van der Waals surface area (Å²) >= 11 is 5.98. The second kappa shape index (κ2) is 8.02. The quantitative estimate of drug-likeness (QED) is 0.752. The lowest BCUT2D eigenvalue weighted by Gasteiger charge is -2.14. The fourth-order valence-electron chi connectivity index (χ4n) is 1.55. The van der Waals surface area contributed by atoms with E-state index in [-0.39, 0.29) is 18.1 Å². The first-order valence-corrected chi connectivity index (χ1v) is 6.81. The minimum atomic E-state index is -0.385. The van der Waals surface area contributed by atoms with Crippen LogP contribution in [0.25, 0.3) is 0 Å². The number of urea groups is 1. The maximum absolute atomic E-state index is 11.5. The van der Waals surface area contributed by atoms with Gasteiger partial charge in [0.25, 0.3) is 0 Å². The number of benzene rings is 1. The average molecular weight is 285 g/mol. The number of aliphatic hydroxyl groups excluding tert-OH is 1. The summed E-state index contributed by atoms with van der Waals surface area (Å²) in [4.78, 5) is 11.5. The Bertz CT molecular complexity index is 410. The number of rotatable bonds is 6. The van der Waals surface area contributed by atoms with Gasteiger partial charge < -0.3 is 15.7 Å². The molecule has 3 N–H and O–H groups in total. The van der Waals surface area contributed by atoms with E-state index in [0.29, 0.717) is 24.5 Å². The van der Waals surface area contributed by atoms with Crippen molar-refractivity contribution in [3.63, 3.8) is 0 Å². The van der Waals surface area contributed by atoms with Crippen LogP contribution in [0.2, 0.25) is 5.02 Å². The van der Waals surface area contributed by atoms with Crippen LogP contribution in [-0.2, 0) is 6.54 Å². The second-order valence-corrected chi connectivity index (χ2v) is 5.21. The highest BCUT2D eigenvalue weighted by atomic mass is 35.5. The van der Waals surface area contributed by atoms with Gasteiger partial charge >= 0.3 is 6.03 Å². The van der Waals surface area contributed by atoms with Crippen LogP contribution in [0.4, 0.5) is 4.79 Å². The standard InChI is InChI=1S/C14H21ClN2O2/c1-10(2)13(18)7-8-16-14(19)17-9-11-5-3-4-6-12(11)15/h3-6,10,13,18H,7-9H2,1-2H3,(H2,16,17,19). The molecular weight excluding hydrogens is 264 g/mol. The molecule has 0 radical (unpaired) electrons. The number of hydrogen-bond donors (Lipinski definition) is 3. The van der Waals surface area contributed by atoms with Gasteiger partial charge in [-0.05, 0) is 24.0 Å². The minimum absolute atomic E-state index is 0.202. The molecule has 1 atom stereocenters. The first-order valence-electron chi connectivity index (χ1n) is 6.44. The van der Waals surface area contributed by atoms with Gasteiger partial charge in [-0.25, -0.2) is 4.79 Å². The molecule has 0 heterocycles. The van der Waals surface area contributed by atoms with Crippen LogP contribution in [0.3, 0.4) is 0 Å². The Balaban J connectivity index is 2.24. The number of nitrogens with one attached hydrogen (secondary N) is 2. The van der Waals surface area contributed by atoms with Crippen LogP contribution < -0.4 is 10.6 Å². The van der Waals surface area contributed by atoms with Gasteiger partial charge in [0, 0.05) is 18.1 Å². The van der Waals surface area contributed by atoms with Crippen molar-refractivity contribution in [2.45, 2.75) is 32.9 Å². The lowest BCUT2D eigenvalue weighted by atomic mass is 10.0. The molecule has 0 aliphatic heterocycles. The van der Waals surface area contributed by atoms with Gasteiger partial charge in [-0.1, -0.05) is 43.6 Å². The van der Waals surface area contributed by atoms with Crippen LogP contribution in [0.15, 0.2) is 24.3 Å². The molecule has 0 aliphatic rings. The third-order valence-electron chi connectivity index (χ3n) is 2.89. The monoisotopic (exact) mass is 284 g/mol. The van der Waals surface area contributed by atoms with Gasteiger partial charge in [0.15, 0.2) is 0 Å². The first-order chi connectivity index (χ1) is 9.00. The molecule has 1 aromatic rings. The predicted octanol–water partition coefficient (Wildman–Crippen LogP) is 2.55. The third-order valence-corrected chi connectivity index (χ3v) is 3.26. The maximum Gasteiger partial charge on any atom is 0.315 e. The number of amides is 2. The van der Waals surface area contributed by atoms with Gasteiger partial charge in [-0.2, -0.15) is 0 Å². The molecule has 1 unspecified atom stereocenters. The van der Waals surface area contributed by atoms with E-state index >= 15 is 0 Å². The number of halogens is 1. The number of aliphatic hydroxyl groups is 1. The fourth-order valence-corrected chi connectivity index (χ4v) is 1.75. The Kier molecular flexibility index (Phi) is 6.67. The Morgan fingerprint density at radius 3 is 2.63 bits per heavy atom. The summed E-state index contributed by atoms with van der Waals surface area (Å²) in [6, 6.07) is 7.12. The van der Waals surface area contributed by atoms with E-state index in [1.165, 1.54) is 0 Å². The summed E-state index contributed by atoms with van der Waals surface area (Å²) in [6.45, 7) is 4.73. The Hall–Kier alpha value is -1.26. The summed E-state index contributed by atoms with van der Waals surface area (Å²) in [5.41, 5.74) is 0.876. The largest absolute Gasteiger partial charge is 0.393 e. The van der Waals surface area contributed by atoms with Crippen molar-refractivity contribution < 1.29 is 9.90 Å². The molecule has 5 heteroatoms. The zero-order chi connectivity index (χ0) is 14.3. The van der Waals surface area contributed by atoms with Crippen LogP contribution in [-0.4, -0.2) is 23.8 Å². The van der Waals surface area contributed by atoms with E-state index in [9.17, 15) is 9.90 Å². The molecule has 0 saturated heterocycles. The van der Waals surface area contributed by atoms with Crippen LogP contribution in [0.5, 0.6) is 0 Å².